The third-order valence-corrected chi connectivity index (χ3v) is 4.34. The molecule has 0 saturated carbocycles. The molecule has 0 fully saturated rings. The van der Waals surface area contributed by atoms with Gasteiger partial charge in [0.1, 0.15) is 0 Å². The quantitative estimate of drug-likeness (QED) is 0.570. The topological polar surface area (TPSA) is 39.8 Å². The minimum atomic E-state index is -0.0867. The summed E-state index contributed by atoms with van der Waals surface area (Å²) in [5.41, 5.74) is 2.29. The minimum absolute atomic E-state index is 0.0867. The van der Waals surface area contributed by atoms with Gasteiger partial charge >= 0.3 is 0 Å². The van der Waals surface area contributed by atoms with Crippen molar-refractivity contribution in [2.45, 2.75) is 6.54 Å². The van der Waals surface area contributed by atoms with Gasteiger partial charge in [0.2, 0.25) is 0 Å². The summed E-state index contributed by atoms with van der Waals surface area (Å²) in [4.78, 5) is 17.3. The summed E-state index contributed by atoms with van der Waals surface area (Å²) < 4.78 is 3.52. The Hall–Kier alpha value is -2.85. The molecule has 118 valence electrons. The Morgan fingerprint density at radius 1 is 0.917 bits per heavy atom. The van der Waals surface area contributed by atoms with Crippen molar-refractivity contribution in [1.82, 2.24) is 14.3 Å². The van der Waals surface area contributed by atoms with Crippen LogP contribution < -0.4 is 5.56 Å². The standard InChI is InChI=1S/C19H14ClN3O/c20-17-11-5-4-7-14(17)13-22-18-16(10-6-12-21-18)19(24)23(22)15-8-2-1-3-9-15/h1-12H,13H2. The zero-order chi connectivity index (χ0) is 16.5. The van der Waals surface area contributed by atoms with Crippen LogP contribution in [0.25, 0.3) is 16.7 Å². The van der Waals surface area contributed by atoms with E-state index in [2.05, 4.69) is 4.98 Å². The SMILES string of the molecule is O=c1c2cccnc2n(Cc2ccccc2Cl)n1-c1ccccc1. The fourth-order valence-electron chi connectivity index (χ4n) is 2.85. The molecule has 0 N–H and O–H groups in total. The van der Waals surface area contributed by atoms with E-state index in [1.807, 2.05) is 59.3 Å². The molecule has 2 aromatic heterocycles. The van der Waals surface area contributed by atoms with Crippen LogP contribution in [0.2, 0.25) is 5.02 Å². The van der Waals surface area contributed by atoms with E-state index < -0.39 is 0 Å². The summed E-state index contributed by atoms with van der Waals surface area (Å²) in [6, 6.07) is 20.8. The lowest BCUT2D eigenvalue weighted by molar-refractivity contribution is 0.607. The van der Waals surface area contributed by atoms with E-state index in [9.17, 15) is 4.79 Å². The molecule has 2 heterocycles. The summed E-state index contributed by atoms with van der Waals surface area (Å²) in [5, 5.41) is 1.26. The maximum Gasteiger partial charge on any atom is 0.280 e. The fraction of sp³-hybridized carbons (Fsp3) is 0.0526. The molecule has 0 aliphatic heterocycles. The molecule has 0 atom stereocenters. The number of para-hydroxylation sites is 1. The van der Waals surface area contributed by atoms with Gasteiger partial charge < -0.3 is 0 Å². The average molecular weight is 336 g/mol. The Kier molecular flexibility index (Phi) is 3.67. The largest absolute Gasteiger partial charge is 0.280 e. The Morgan fingerprint density at radius 2 is 1.67 bits per heavy atom. The minimum Gasteiger partial charge on any atom is -0.267 e. The molecule has 0 spiro atoms. The molecule has 0 saturated heterocycles. The third kappa shape index (κ3) is 2.41. The zero-order valence-corrected chi connectivity index (χ0v) is 13.5. The first-order valence-corrected chi connectivity index (χ1v) is 7.99. The maximum atomic E-state index is 12.9. The van der Waals surface area contributed by atoms with E-state index in [-0.39, 0.29) is 5.56 Å². The van der Waals surface area contributed by atoms with Crippen molar-refractivity contribution in [3.63, 3.8) is 0 Å². The van der Waals surface area contributed by atoms with Crippen LogP contribution in [0, 0.1) is 0 Å². The Balaban J connectivity index is 2.00. The molecule has 4 nitrogen and oxygen atoms in total. The van der Waals surface area contributed by atoms with Crippen LogP contribution in [-0.4, -0.2) is 14.3 Å². The van der Waals surface area contributed by atoms with Gasteiger partial charge in [0.15, 0.2) is 5.65 Å². The molecule has 0 bridgehead atoms. The lowest BCUT2D eigenvalue weighted by Crippen LogP contribution is -2.21. The number of benzene rings is 2. The third-order valence-electron chi connectivity index (χ3n) is 3.97. The van der Waals surface area contributed by atoms with Crippen LogP contribution >= 0.6 is 11.6 Å². The smallest absolute Gasteiger partial charge is 0.267 e. The van der Waals surface area contributed by atoms with Crippen LogP contribution in [0.1, 0.15) is 5.56 Å². The molecular formula is C19H14ClN3O. The molecule has 24 heavy (non-hydrogen) atoms. The average Bonchev–Trinajstić information content (AvgIpc) is 2.90. The Bertz CT molecular complexity index is 1070. The Morgan fingerprint density at radius 3 is 2.46 bits per heavy atom. The molecule has 0 radical (unpaired) electrons. The number of halogens is 1. The van der Waals surface area contributed by atoms with Crippen molar-refractivity contribution in [1.29, 1.82) is 0 Å². The van der Waals surface area contributed by atoms with Gasteiger partial charge in [0.25, 0.3) is 5.56 Å². The molecule has 0 amide bonds. The van der Waals surface area contributed by atoms with E-state index in [0.717, 1.165) is 11.3 Å². The fourth-order valence-corrected chi connectivity index (χ4v) is 3.04. The molecule has 0 aliphatic carbocycles. The van der Waals surface area contributed by atoms with Crippen LogP contribution in [-0.2, 0) is 6.54 Å². The van der Waals surface area contributed by atoms with E-state index in [1.165, 1.54) is 0 Å². The second-order valence-electron chi connectivity index (χ2n) is 5.48. The molecule has 0 unspecified atom stereocenters. The van der Waals surface area contributed by atoms with Gasteiger partial charge in [-0.2, -0.15) is 0 Å². The van der Waals surface area contributed by atoms with Gasteiger partial charge in [-0.25, -0.2) is 9.67 Å². The van der Waals surface area contributed by atoms with Gasteiger partial charge in [0, 0.05) is 11.2 Å². The monoisotopic (exact) mass is 335 g/mol. The van der Waals surface area contributed by atoms with Crippen LogP contribution in [0.4, 0.5) is 0 Å². The lowest BCUT2D eigenvalue weighted by Gasteiger charge is -2.13. The number of rotatable bonds is 3. The summed E-state index contributed by atoms with van der Waals surface area (Å²) in [5.74, 6) is 0. The zero-order valence-electron chi connectivity index (χ0n) is 12.8. The van der Waals surface area contributed by atoms with Crippen molar-refractivity contribution in [3.8, 4) is 5.69 Å². The van der Waals surface area contributed by atoms with Crippen molar-refractivity contribution >= 4 is 22.6 Å². The van der Waals surface area contributed by atoms with Crippen LogP contribution in [0.3, 0.4) is 0 Å². The van der Waals surface area contributed by atoms with Gasteiger partial charge in [0.05, 0.1) is 17.6 Å². The second-order valence-corrected chi connectivity index (χ2v) is 5.88. The predicted molar refractivity (Wildman–Crippen MR) is 95.9 cm³/mol. The van der Waals surface area contributed by atoms with E-state index >= 15 is 0 Å². The molecule has 5 heteroatoms. The highest BCUT2D eigenvalue weighted by Gasteiger charge is 2.16. The van der Waals surface area contributed by atoms with Gasteiger partial charge in [-0.05, 0) is 35.9 Å². The molecule has 2 aromatic carbocycles. The summed E-state index contributed by atoms with van der Waals surface area (Å²) >= 11 is 6.31. The first-order valence-electron chi connectivity index (χ1n) is 7.61. The van der Waals surface area contributed by atoms with E-state index in [0.29, 0.717) is 22.6 Å². The number of aromatic nitrogens is 3. The first kappa shape index (κ1) is 14.7. The summed E-state index contributed by atoms with van der Waals surface area (Å²) in [7, 11) is 0. The number of hydrogen-bond acceptors (Lipinski definition) is 2. The highest BCUT2D eigenvalue weighted by Crippen LogP contribution is 2.20. The lowest BCUT2D eigenvalue weighted by atomic mass is 10.2. The van der Waals surface area contributed by atoms with Crippen LogP contribution in [0.15, 0.2) is 77.7 Å². The van der Waals surface area contributed by atoms with E-state index in [1.54, 1.807) is 23.0 Å². The highest BCUT2D eigenvalue weighted by molar-refractivity contribution is 6.31. The van der Waals surface area contributed by atoms with E-state index in [4.69, 9.17) is 11.6 Å². The van der Waals surface area contributed by atoms with Crippen LogP contribution in [0.5, 0.6) is 0 Å². The predicted octanol–water partition coefficient (Wildman–Crippen LogP) is 3.89. The molecule has 4 aromatic rings. The van der Waals surface area contributed by atoms with Gasteiger partial charge in [-0.15, -0.1) is 0 Å². The van der Waals surface area contributed by atoms with Crippen molar-refractivity contribution in [2.75, 3.05) is 0 Å². The van der Waals surface area contributed by atoms with Gasteiger partial charge in [-0.3, -0.25) is 9.48 Å². The Labute approximate surface area is 143 Å². The highest BCUT2D eigenvalue weighted by atomic mass is 35.5. The van der Waals surface area contributed by atoms with Gasteiger partial charge in [-0.1, -0.05) is 48.0 Å². The number of hydrogen-bond donors (Lipinski definition) is 0. The molecule has 4 rings (SSSR count). The molecular weight excluding hydrogens is 322 g/mol. The van der Waals surface area contributed by atoms with Crippen molar-refractivity contribution in [3.05, 3.63) is 93.9 Å². The number of pyridine rings is 1. The summed E-state index contributed by atoms with van der Waals surface area (Å²) in [6.45, 7) is 0.463. The first-order chi connectivity index (χ1) is 11.8. The van der Waals surface area contributed by atoms with Crippen molar-refractivity contribution < 1.29 is 0 Å². The maximum absolute atomic E-state index is 12.9. The van der Waals surface area contributed by atoms with Crippen molar-refractivity contribution in [2.24, 2.45) is 0 Å². The number of nitrogens with zero attached hydrogens (tertiary/aromatic N) is 3. The normalized spacial score (nSPS) is 11.0. The number of fused-ring (bicyclic) bond motifs is 1. The second kappa shape index (κ2) is 5.98. The molecule has 0 aliphatic rings. The summed E-state index contributed by atoms with van der Waals surface area (Å²) in [6.07, 6.45) is 1.69.